The highest BCUT2D eigenvalue weighted by Gasteiger charge is 2.68. The molecule has 3 aliphatic rings. The molecule has 17 heavy (non-hydrogen) atoms. The van der Waals surface area contributed by atoms with E-state index in [1.807, 2.05) is 13.0 Å². The largest absolute Gasteiger partial charge is 0.392 e. The Kier molecular flexibility index (Phi) is 2.15. The standard InChI is InChI=1S/C14H20O3/c1-8-5-13-7-10(9(2)15)12(16)11(13)3-4-14(13,17)6-8/h6,10-12,16-17H,3-5,7H2,1-2H3/t10?,11-,12?,13+,14+/m0/s1. The summed E-state index contributed by atoms with van der Waals surface area (Å²) in [5, 5.41) is 21.1. The van der Waals surface area contributed by atoms with Gasteiger partial charge in [0.25, 0.3) is 0 Å². The molecule has 0 aliphatic heterocycles. The van der Waals surface area contributed by atoms with Gasteiger partial charge in [-0.2, -0.15) is 0 Å². The Labute approximate surface area is 102 Å². The lowest BCUT2D eigenvalue weighted by atomic mass is 9.71. The molecule has 0 radical (unpaired) electrons. The van der Waals surface area contributed by atoms with E-state index in [4.69, 9.17) is 0 Å². The lowest BCUT2D eigenvalue weighted by Crippen LogP contribution is -2.41. The first-order valence-corrected chi connectivity index (χ1v) is 6.49. The Morgan fingerprint density at radius 3 is 2.88 bits per heavy atom. The topological polar surface area (TPSA) is 57.5 Å². The number of carbonyl (C=O) groups excluding carboxylic acids is 1. The Hall–Kier alpha value is -0.670. The van der Waals surface area contributed by atoms with E-state index in [-0.39, 0.29) is 23.0 Å². The lowest BCUT2D eigenvalue weighted by molar-refractivity contribution is -0.123. The van der Waals surface area contributed by atoms with Crippen molar-refractivity contribution in [2.24, 2.45) is 17.3 Å². The average Bonchev–Trinajstić information content (AvgIpc) is 2.71. The molecule has 2 saturated carbocycles. The van der Waals surface area contributed by atoms with E-state index in [9.17, 15) is 15.0 Å². The summed E-state index contributed by atoms with van der Waals surface area (Å²) in [5.74, 6) is -0.116. The number of ketones is 1. The molecular weight excluding hydrogens is 216 g/mol. The van der Waals surface area contributed by atoms with Crippen molar-refractivity contribution in [3.63, 3.8) is 0 Å². The van der Waals surface area contributed by atoms with Gasteiger partial charge in [-0.05, 0) is 45.4 Å². The molecule has 0 saturated heterocycles. The maximum Gasteiger partial charge on any atom is 0.135 e. The van der Waals surface area contributed by atoms with Crippen molar-refractivity contribution in [3.8, 4) is 0 Å². The van der Waals surface area contributed by atoms with Gasteiger partial charge < -0.3 is 10.2 Å². The molecule has 1 spiro atoms. The van der Waals surface area contributed by atoms with Gasteiger partial charge in [-0.3, -0.25) is 4.79 Å². The van der Waals surface area contributed by atoms with Crippen LogP contribution in [-0.4, -0.2) is 27.7 Å². The second-order valence-electron chi connectivity index (χ2n) is 6.30. The monoisotopic (exact) mass is 236 g/mol. The van der Waals surface area contributed by atoms with Crippen molar-refractivity contribution in [1.29, 1.82) is 0 Å². The number of allylic oxidation sites excluding steroid dienone is 1. The van der Waals surface area contributed by atoms with Gasteiger partial charge in [0, 0.05) is 11.3 Å². The lowest BCUT2D eigenvalue weighted by Gasteiger charge is -2.36. The molecule has 0 aromatic carbocycles. The van der Waals surface area contributed by atoms with E-state index in [1.54, 1.807) is 6.92 Å². The third-order valence-corrected chi connectivity index (χ3v) is 5.42. The second kappa shape index (κ2) is 3.21. The summed E-state index contributed by atoms with van der Waals surface area (Å²) in [6, 6.07) is 0. The van der Waals surface area contributed by atoms with Gasteiger partial charge >= 0.3 is 0 Å². The van der Waals surface area contributed by atoms with Crippen LogP contribution in [0.3, 0.4) is 0 Å². The van der Waals surface area contributed by atoms with Crippen LogP contribution in [0, 0.1) is 17.3 Å². The molecule has 3 rings (SSSR count). The zero-order valence-corrected chi connectivity index (χ0v) is 10.4. The number of carbonyl (C=O) groups is 1. The quantitative estimate of drug-likeness (QED) is 0.677. The number of aliphatic hydroxyl groups is 2. The number of hydrogen-bond acceptors (Lipinski definition) is 3. The minimum Gasteiger partial charge on any atom is -0.392 e. The van der Waals surface area contributed by atoms with E-state index in [2.05, 4.69) is 0 Å². The average molecular weight is 236 g/mol. The first-order valence-electron chi connectivity index (χ1n) is 6.49. The summed E-state index contributed by atoms with van der Waals surface area (Å²) in [6.07, 6.45) is 4.48. The second-order valence-corrected chi connectivity index (χ2v) is 6.30. The number of rotatable bonds is 1. The fraction of sp³-hybridized carbons (Fsp3) is 0.786. The molecule has 94 valence electrons. The molecule has 0 bridgehead atoms. The normalized spacial score (nSPS) is 52.2. The Morgan fingerprint density at radius 2 is 2.24 bits per heavy atom. The number of Topliss-reactive ketones (excluding diaryl/α,β-unsaturated/α-hetero) is 1. The summed E-state index contributed by atoms with van der Waals surface area (Å²) < 4.78 is 0. The van der Waals surface area contributed by atoms with Crippen LogP contribution in [0.15, 0.2) is 11.6 Å². The SMILES string of the molecule is CC(=O)C1C[C@@]23CC(C)=C[C@]2(O)CC[C@H]3C1O. The van der Waals surface area contributed by atoms with Crippen molar-refractivity contribution in [2.45, 2.75) is 51.2 Å². The van der Waals surface area contributed by atoms with Crippen molar-refractivity contribution in [3.05, 3.63) is 11.6 Å². The van der Waals surface area contributed by atoms with Gasteiger partial charge in [0.15, 0.2) is 0 Å². The summed E-state index contributed by atoms with van der Waals surface area (Å²) in [6.45, 7) is 3.59. The van der Waals surface area contributed by atoms with Crippen LogP contribution in [0.4, 0.5) is 0 Å². The van der Waals surface area contributed by atoms with Gasteiger partial charge in [0.1, 0.15) is 5.78 Å². The Balaban J connectivity index is 2.02. The van der Waals surface area contributed by atoms with Gasteiger partial charge in [-0.25, -0.2) is 0 Å². The highest BCUT2D eigenvalue weighted by molar-refractivity contribution is 5.79. The van der Waals surface area contributed by atoms with Crippen LogP contribution in [0.1, 0.15) is 39.5 Å². The van der Waals surface area contributed by atoms with Crippen LogP contribution >= 0.6 is 0 Å². The number of aliphatic hydroxyl groups excluding tert-OH is 1. The molecule has 3 nitrogen and oxygen atoms in total. The van der Waals surface area contributed by atoms with E-state index in [1.165, 1.54) is 5.57 Å². The molecule has 5 atom stereocenters. The summed E-state index contributed by atoms with van der Waals surface area (Å²) >= 11 is 0. The van der Waals surface area contributed by atoms with Gasteiger partial charge in [-0.1, -0.05) is 11.6 Å². The third-order valence-electron chi connectivity index (χ3n) is 5.42. The van der Waals surface area contributed by atoms with E-state index in [0.29, 0.717) is 6.42 Å². The molecule has 2 N–H and O–H groups in total. The van der Waals surface area contributed by atoms with E-state index in [0.717, 1.165) is 19.3 Å². The maximum atomic E-state index is 11.6. The maximum absolute atomic E-state index is 11.6. The molecule has 0 amide bonds. The van der Waals surface area contributed by atoms with Crippen LogP contribution in [0.25, 0.3) is 0 Å². The third kappa shape index (κ3) is 1.22. The fourth-order valence-corrected chi connectivity index (χ4v) is 4.75. The van der Waals surface area contributed by atoms with Crippen LogP contribution < -0.4 is 0 Å². The summed E-state index contributed by atoms with van der Waals surface area (Å²) in [4.78, 5) is 11.6. The van der Waals surface area contributed by atoms with Gasteiger partial charge in [0.2, 0.25) is 0 Å². The molecule has 0 heterocycles. The molecule has 2 unspecified atom stereocenters. The molecule has 0 aromatic rings. The molecular formula is C14H20O3. The summed E-state index contributed by atoms with van der Waals surface area (Å²) in [5.41, 5.74) is 0.174. The zero-order chi connectivity index (χ0) is 12.4. The van der Waals surface area contributed by atoms with Crippen molar-refractivity contribution >= 4 is 5.78 Å². The minimum atomic E-state index is -0.771. The van der Waals surface area contributed by atoms with Crippen LogP contribution in [-0.2, 0) is 4.79 Å². The Morgan fingerprint density at radius 1 is 1.53 bits per heavy atom. The first-order chi connectivity index (χ1) is 7.90. The van der Waals surface area contributed by atoms with E-state index < -0.39 is 11.7 Å². The van der Waals surface area contributed by atoms with Crippen LogP contribution in [0.5, 0.6) is 0 Å². The summed E-state index contributed by atoms with van der Waals surface area (Å²) in [7, 11) is 0. The molecule has 2 fully saturated rings. The van der Waals surface area contributed by atoms with Crippen molar-refractivity contribution in [1.82, 2.24) is 0 Å². The van der Waals surface area contributed by atoms with Crippen molar-refractivity contribution < 1.29 is 15.0 Å². The first kappa shape index (κ1) is 11.4. The van der Waals surface area contributed by atoms with Crippen LogP contribution in [0.2, 0.25) is 0 Å². The molecule has 3 heteroatoms. The predicted molar refractivity (Wildman–Crippen MR) is 63.3 cm³/mol. The molecule has 3 aliphatic carbocycles. The highest BCUT2D eigenvalue weighted by atomic mass is 16.3. The number of hydrogen-bond donors (Lipinski definition) is 2. The van der Waals surface area contributed by atoms with Gasteiger partial charge in [0.05, 0.1) is 11.7 Å². The predicted octanol–water partition coefficient (Wildman–Crippen LogP) is 1.43. The van der Waals surface area contributed by atoms with Crippen molar-refractivity contribution in [2.75, 3.05) is 0 Å². The zero-order valence-electron chi connectivity index (χ0n) is 10.4. The van der Waals surface area contributed by atoms with E-state index >= 15 is 0 Å². The molecule has 0 aromatic heterocycles. The van der Waals surface area contributed by atoms with Gasteiger partial charge in [-0.15, -0.1) is 0 Å². The Bertz CT molecular complexity index is 414. The smallest absolute Gasteiger partial charge is 0.135 e. The fourth-order valence-electron chi connectivity index (χ4n) is 4.75. The minimum absolute atomic E-state index is 0.0631. The highest BCUT2D eigenvalue weighted by Crippen LogP contribution is 2.67.